The van der Waals surface area contributed by atoms with Crippen LogP contribution in [0.3, 0.4) is 0 Å². The molecule has 0 heterocycles. The van der Waals surface area contributed by atoms with Gasteiger partial charge in [-0.05, 0) is 25.7 Å². The molecule has 0 radical (unpaired) electrons. The lowest BCUT2D eigenvalue weighted by molar-refractivity contribution is -0.168. The van der Waals surface area contributed by atoms with Crippen LogP contribution in [0.15, 0.2) is 0 Å². The first-order valence-electron chi connectivity index (χ1n) is 5.32. The Morgan fingerprint density at radius 2 is 1.62 bits per heavy atom. The topological polar surface area (TPSA) is 69.7 Å². The van der Waals surface area contributed by atoms with Crippen molar-refractivity contribution in [3.63, 3.8) is 0 Å². The first kappa shape index (κ1) is 12.7. The van der Waals surface area contributed by atoms with E-state index in [9.17, 15) is 14.4 Å². The average molecular weight is 228 g/mol. The largest absolute Gasteiger partial charge is 0.458 e. The highest BCUT2D eigenvalue weighted by molar-refractivity contribution is 5.91. The zero-order valence-electron chi connectivity index (χ0n) is 9.58. The Morgan fingerprint density at radius 3 is 2.06 bits per heavy atom. The van der Waals surface area contributed by atoms with Crippen molar-refractivity contribution < 1.29 is 23.9 Å². The first-order valence-corrected chi connectivity index (χ1v) is 5.32. The standard InChI is InChI=1S/C11H16O5/c1-8(12)15-7-10(14)11(16-9(2)13)5-3-4-6-11/h3-7H2,1-2H3. The van der Waals surface area contributed by atoms with Gasteiger partial charge in [-0.15, -0.1) is 0 Å². The molecule has 1 rings (SSSR count). The summed E-state index contributed by atoms with van der Waals surface area (Å²) in [6.07, 6.45) is 2.73. The van der Waals surface area contributed by atoms with Crippen LogP contribution in [0.1, 0.15) is 39.5 Å². The van der Waals surface area contributed by atoms with Crippen LogP contribution in [0.5, 0.6) is 0 Å². The van der Waals surface area contributed by atoms with Crippen molar-refractivity contribution in [2.24, 2.45) is 0 Å². The zero-order valence-corrected chi connectivity index (χ0v) is 9.58. The number of esters is 2. The van der Waals surface area contributed by atoms with E-state index in [0.29, 0.717) is 12.8 Å². The summed E-state index contributed by atoms with van der Waals surface area (Å²) in [7, 11) is 0. The summed E-state index contributed by atoms with van der Waals surface area (Å²) in [5, 5.41) is 0. The summed E-state index contributed by atoms with van der Waals surface area (Å²) in [5.41, 5.74) is -1.05. The van der Waals surface area contributed by atoms with Crippen molar-refractivity contribution in [1.29, 1.82) is 0 Å². The van der Waals surface area contributed by atoms with E-state index in [0.717, 1.165) is 12.8 Å². The van der Waals surface area contributed by atoms with Crippen LogP contribution in [0, 0.1) is 0 Å². The lowest BCUT2D eigenvalue weighted by Gasteiger charge is -2.26. The van der Waals surface area contributed by atoms with Crippen LogP contribution < -0.4 is 0 Å². The quantitative estimate of drug-likeness (QED) is 0.671. The molecule has 5 nitrogen and oxygen atoms in total. The van der Waals surface area contributed by atoms with E-state index in [1.165, 1.54) is 13.8 Å². The second-order valence-electron chi connectivity index (χ2n) is 4.00. The molecule has 0 spiro atoms. The third-order valence-corrected chi connectivity index (χ3v) is 2.67. The minimum atomic E-state index is -1.05. The number of carbonyl (C=O) groups is 3. The summed E-state index contributed by atoms with van der Waals surface area (Å²) in [6.45, 7) is 2.20. The normalized spacial score (nSPS) is 17.9. The number of ketones is 1. The van der Waals surface area contributed by atoms with E-state index in [4.69, 9.17) is 4.74 Å². The van der Waals surface area contributed by atoms with E-state index in [-0.39, 0.29) is 12.4 Å². The monoisotopic (exact) mass is 228 g/mol. The third-order valence-electron chi connectivity index (χ3n) is 2.67. The van der Waals surface area contributed by atoms with E-state index < -0.39 is 17.5 Å². The van der Waals surface area contributed by atoms with Crippen LogP contribution in [0.4, 0.5) is 0 Å². The van der Waals surface area contributed by atoms with Crippen LogP contribution >= 0.6 is 0 Å². The van der Waals surface area contributed by atoms with Crippen LogP contribution in [0.2, 0.25) is 0 Å². The van der Waals surface area contributed by atoms with Crippen LogP contribution in [0.25, 0.3) is 0 Å². The Balaban J connectivity index is 2.65. The second-order valence-corrected chi connectivity index (χ2v) is 4.00. The second kappa shape index (κ2) is 5.09. The van der Waals surface area contributed by atoms with E-state index in [1.54, 1.807) is 0 Å². The smallest absolute Gasteiger partial charge is 0.303 e. The van der Waals surface area contributed by atoms with Crippen molar-refractivity contribution >= 4 is 17.7 Å². The average Bonchev–Trinajstić information content (AvgIpc) is 2.62. The molecule has 0 amide bonds. The van der Waals surface area contributed by atoms with Gasteiger partial charge in [0, 0.05) is 13.8 Å². The molecule has 0 aromatic carbocycles. The molecule has 1 aliphatic rings. The molecule has 1 aliphatic carbocycles. The third kappa shape index (κ3) is 3.05. The van der Waals surface area contributed by atoms with Crippen LogP contribution in [-0.4, -0.2) is 29.9 Å². The minimum Gasteiger partial charge on any atom is -0.458 e. The Morgan fingerprint density at radius 1 is 1.06 bits per heavy atom. The Kier molecular flexibility index (Phi) is 4.04. The molecule has 0 aromatic rings. The molecular weight excluding hydrogens is 212 g/mol. The highest BCUT2D eigenvalue weighted by Gasteiger charge is 2.44. The van der Waals surface area contributed by atoms with Gasteiger partial charge >= 0.3 is 11.9 Å². The van der Waals surface area contributed by atoms with E-state index in [2.05, 4.69) is 4.74 Å². The fraction of sp³-hybridized carbons (Fsp3) is 0.727. The molecule has 90 valence electrons. The Labute approximate surface area is 94.1 Å². The molecular formula is C11H16O5. The van der Waals surface area contributed by atoms with Gasteiger partial charge in [0.1, 0.15) is 0 Å². The maximum Gasteiger partial charge on any atom is 0.303 e. The van der Waals surface area contributed by atoms with Gasteiger partial charge in [0.05, 0.1) is 0 Å². The number of carbonyl (C=O) groups excluding carboxylic acids is 3. The number of hydrogen-bond donors (Lipinski definition) is 0. The van der Waals surface area contributed by atoms with Crippen LogP contribution in [-0.2, 0) is 23.9 Å². The fourth-order valence-electron chi connectivity index (χ4n) is 1.96. The maximum absolute atomic E-state index is 11.9. The SMILES string of the molecule is CC(=O)OCC(=O)C1(OC(C)=O)CCCC1. The summed E-state index contributed by atoms with van der Waals surface area (Å²) >= 11 is 0. The van der Waals surface area contributed by atoms with Crippen molar-refractivity contribution in [2.45, 2.75) is 45.1 Å². The molecule has 0 saturated heterocycles. The molecule has 0 aromatic heterocycles. The van der Waals surface area contributed by atoms with E-state index in [1.807, 2.05) is 0 Å². The number of ether oxygens (including phenoxy) is 2. The molecule has 0 bridgehead atoms. The van der Waals surface area contributed by atoms with Gasteiger partial charge < -0.3 is 9.47 Å². The summed E-state index contributed by atoms with van der Waals surface area (Å²) in [5.74, 6) is -1.31. The molecule has 1 saturated carbocycles. The molecule has 0 unspecified atom stereocenters. The zero-order chi connectivity index (χ0) is 12.2. The highest BCUT2D eigenvalue weighted by atomic mass is 16.6. The van der Waals surface area contributed by atoms with Crippen molar-refractivity contribution in [3.8, 4) is 0 Å². The molecule has 0 N–H and O–H groups in total. The predicted molar refractivity (Wildman–Crippen MR) is 54.6 cm³/mol. The minimum absolute atomic E-state index is 0.317. The lowest BCUT2D eigenvalue weighted by atomic mass is 9.96. The fourth-order valence-corrected chi connectivity index (χ4v) is 1.96. The van der Waals surface area contributed by atoms with Crippen molar-refractivity contribution in [2.75, 3.05) is 6.61 Å². The van der Waals surface area contributed by atoms with Crippen molar-refractivity contribution in [3.05, 3.63) is 0 Å². The summed E-state index contributed by atoms with van der Waals surface area (Å²) in [6, 6.07) is 0. The van der Waals surface area contributed by atoms with Crippen molar-refractivity contribution in [1.82, 2.24) is 0 Å². The lowest BCUT2D eigenvalue weighted by Crippen LogP contribution is -2.42. The number of hydrogen-bond acceptors (Lipinski definition) is 5. The van der Waals surface area contributed by atoms with Gasteiger partial charge in [0.25, 0.3) is 0 Å². The predicted octanol–water partition coefficient (Wildman–Crippen LogP) is 0.994. The van der Waals surface area contributed by atoms with Gasteiger partial charge in [-0.3, -0.25) is 14.4 Å². The van der Waals surface area contributed by atoms with Gasteiger partial charge in [-0.1, -0.05) is 0 Å². The Hall–Kier alpha value is -1.39. The summed E-state index contributed by atoms with van der Waals surface area (Å²) < 4.78 is 9.76. The van der Waals surface area contributed by atoms with Gasteiger partial charge in [-0.25, -0.2) is 0 Å². The van der Waals surface area contributed by atoms with Gasteiger partial charge in [-0.2, -0.15) is 0 Å². The number of rotatable bonds is 4. The maximum atomic E-state index is 11.9. The molecule has 5 heteroatoms. The Bertz CT molecular complexity index is 301. The van der Waals surface area contributed by atoms with E-state index >= 15 is 0 Å². The molecule has 0 atom stereocenters. The van der Waals surface area contributed by atoms with Gasteiger partial charge in [0.2, 0.25) is 5.78 Å². The van der Waals surface area contributed by atoms with Gasteiger partial charge in [0.15, 0.2) is 12.2 Å². The molecule has 16 heavy (non-hydrogen) atoms. The summed E-state index contributed by atoms with van der Waals surface area (Å²) in [4.78, 5) is 33.4. The molecule has 1 fully saturated rings. The first-order chi connectivity index (χ1) is 7.46. The number of Topliss-reactive ketones (excluding diaryl/α,β-unsaturated/α-hetero) is 1. The molecule has 0 aliphatic heterocycles. The highest BCUT2D eigenvalue weighted by Crippen LogP contribution is 2.34.